The summed E-state index contributed by atoms with van der Waals surface area (Å²) in [6.45, 7) is 1.40. The summed E-state index contributed by atoms with van der Waals surface area (Å²) in [5.41, 5.74) is 0. The predicted molar refractivity (Wildman–Crippen MR) is 32.4 cm³/mol. The largest absolute Gasteiger partial charge is 0.705 e. The maximum atomic E-state index is 10.4. The smallest absolute Gasteiger partial charge is 0.300 e. The Bertz CT molecular complexity index is 165. The van der Waals surface area contributed by atoms with Crippen LogP contribution in [0.4, 0.5) is 0 Å². The number of hydrogen-bond donors (Lipinski definition) is 2. The number of rotatable bonds is 4. The van der Waals surface area contributed by atoms with E-state index in [-0.39, 0.29) is 6.61 Å². The molecular weight excluding hydrogens is 182 g/mol. The second kappa shape index (κ2) is 4.13. The van der Waals surface area contributed by atoms with Gasteiger partial charge in [0.2, 0.25) is 0 Å². The van der Waals surface area contributed by atoms with Crippen LogP contribution in [0.25, 0.3) is 0 Å². The molecule has 0 aromatic heterocycles. The summed E-state index contributed by atoms with van der Waals surface area (Å²) < 4.78 is 27.9. The summed E-state index contributed by atoms with van der Waals surface area (Å²) in [6, 6.07) is 0. The van der Waals surface area contributed by atoms with Crippen molar-refractivity contribution in [1.29, 1.82) is 0 Å². The molecule has 0 aliphatic rings. The van der Waals surface area contributed by atoms with Crippen molar-refractivity contribution in [2.75, 3.05) is 6.61 Å². The molecule has 0 fully saturated rings. The summed E-state index contributed by atoms with van der Waals surface area (Å²) in [7, 11) is -7.37. The molecular formula is C2H7O6P2+. The van der Waals surface area contributed by atoms with Crippen LogP contribution in [-0.4, -0.2) is 16.4 Å². The van der Waals surface area contributed by atoms with Gasteiger partial charge < -0.3 is 0 Å². The Morgan fingerprint density at radius 2 is 2.20 bits per heavy atom. The van der Waals surface area contributed by atoms with Crippen LogP contribution >= 0.6 is 16.1 Å². The van der Waals surface area contributed by atoms with E-state index in [1.165, 1.54) is 6.92 Å². The van der Waals surface area contributed by atoms with E-state index >= 15 is 0 Å². The lowest BCUT2D eigenvalue weighted by Gasteiger charge is -1.99. The minimum Gasteiger partial charge on any atom is -0.300 e. The summed E-state index contributed by atoms with van der Waals surface area (Å²) in [4.78, 5) is 16.4. The van der Waals surface area contributed by atoms with Gasteiger partial charge in [0, 0.05) is 4.57 Å². The first-order valence-corrected chi connectivity index (χ1v) is 4.93. The third-order valence-electron chi connectivity index (χ3n) is 0.465. The molecule has 0 heterocycles. The second-order valence-electron chi connectivity index (χ2n) is 1.21. The molecule has 0 aliphatic carbocycles. The van der Waals surface area contributed by atoms with Crippen LogP contribution in [-0.2, 0) is 18.0 Å². The molecule has 0 saturated heterocycles. The second-order valence-corrected chi connectivity index (χ2v) is 3.53. The molecule has 0 amide bonds. The molecule has 2 atom stereocenters. The predicted octanol–water partition coefficient (Wildman–Crippen LogP) is 0.790. The van der Waals surface area contributed by atoms with E-state index < -0.39 is 16.1 Å². The van der Waals surface area contributed by atoms with Crippen molar-refractivity contribution < 1.29 is 27.8 Å². The standard InChI is InChI=1S/C2H6O6P2/c1-2-7-10(5,6)8-9(3)4/h2H2,1H3,(H-,3,4,5,6)/p+1. The molecule has 0 rings (SSSR count). The molecule has 8 heteroatoms. The van der Waals surface area contributed by atoms with Gasteiger partial charge in [-0.3, -0.25) is 9.42 Å². The molecule has 60 valence electrons. The van der Waals surface area contributed by atoms with Gasteiger partial charge in [-0.15, -0.1) is 4.89 Å². The van der Waals surface area contributed by atoms with Crippen molar-refractivity contribution in [3.63, 3.8) is 0 Å². The van der Waals surface area contributed by atoms with Crippen molar-refractivity contribution in [3.05, 3.63) is 0 Å². The minimum absolute atomic E-state index is 0.0586. The molecule has 0 spiro atoms. The molecule has 10 heavy (non-hydrogen) atoms. The van der Waals surface area contributed by atoms with Gasteiger partial charge in [-0.2, -0.15) is 0 Å². The van der Waals surface area contributed by atoms with Gasteiger partial charge in [0.1, 0.15) is 0 Å². The minimum atomic E-state index is -4.28. The average molecular weight is 189 g/mol. The number of hydrogen-bond acceptors (Lipinski definition) is 4. The van der Waals surface area contributed by atoms with Crippen molar-refractivity contribution in [2.24, 2.45) is 0 Å². The van der Waals surface area contributed by atoms with Gasteiger partial charge in [0.25, 0.3) is 0 Å². The molecule has 0 aromatic rings. The monoisotopic (exact) mass is 189 g/mol. The van der Waals surface area contributed by atoms with Crippen molar-refractivity contribution >= 4 is 16.1 Å². The van der Waals surface area contributed by atoms with Crippen LogP contribution in [0.15, 0.2) is 0 Å². The van der Waals surface area contributed by atoms with E-state index in [1.807, 2.05) is 0 Å². The van der Waals surface area contributed by atoms with Crippen molar-refractivity contribution in [3.8, 4) is 0 Å². The number of phosphoric ester groups is 1. The Morgan fingerprint density at radius 1 is 1.70 bits per heavy atom. The van der Waals surface area contributed by atoms with E-state index in [0.717, 1.165) is 0 Å². The summed E-state index contributed by atoms with van der Waals surface area (Å²) in [5, 5.41) is 0. The van der Waals surface area contributed by atoms with Crippen LogP contribution in [0.1, 0.15) is 6.92 Å². The molecule has 0 saturated carbocycles. The van der Waals surface area contributed by atoms with E-state index in [9.17, 15) is 9.13 Å². The first kappa shape index (κ1) is 10.2. The quantitative estimate of drug-likeness (QED) is 0.635. The molecule has 2 unspecified atom stereocenters. The fourth-order valence-electron chi connectivity index (χ4n) is 0.275. The average Bonchev–Trinajstić information content (AvgIpc) is 1.59. The van der Waals surface area contributed by atoms with Crippen LogP contribution in [0, 0.1) is 0 Å². The van der Waals surface area contributed by atoms with Gasteiger partial charge in [-0.1, -0.05) is 0 Å². The van der Waals surface area contributed by atoms with Gasteiger partial charge in [-0.05, 0) is 11.2 Å². The fraction of sp³-hybridized carbons (Fsp3) is 1.00. The lowest BCUT2D eigenvalue weighted by atomic mass is 10.9. The zero-order valence-electron chi connectivity index (χ0n) is 5.13. The first-order valence-electron chi connectivity index (χ1n) is 2.31. The van der Waals surface area contributed by atoms with Gasteiger partial charge in [0.15, 0.2) is 0 Å². The molecule has 6 nitrogen and oxygen atoms in total. The molecule has 2 N–H and O–H groups in total. The highest BCUT2D eigenvalue weighted by Gasteiger charge is 2.33. The van der Waals surface area contributed by atoms with Crippen LogP contribution in [0.2, 0.25) is 0 Å². The maximum absolute atomic E-state index is 10.4. The van der Waals surface area contributed by atoms with Gasteiger partial charge in [-0.25, -0.2) is 4.57 Å². The summed E-state index contributed by atoms with van der Waals surface area (Å²) in [5.74, 6) is 0. The Morgan fingerprint density at radius 3 is 2.50 bits per heavy atom. The van der Waals surface area contributed by atoms with E-state index in [0.29, 0.717) is 0 Å². The summed E-state index contributed by atoms with van der Waals surface area (Å²) >= 11 is 0. The number of phosphoric acid groups is 1. The van der Waals surface area contributed by atoms with Crippen LogP contribution < -0.4 is 0 Å². The van der Waals surface area contributed by atoms with Crippen LogP contribution in [0.5, 0.6) is 0 Å². The summed E-state index contributed by atoms with van der Waals surface area (Å²) in [6.07, 6.45) is 0. The molecule has 0 bridgehead atoms. The van der Waals surface area contributed by atoms with Gasteiger partial charge in [0.05, 0.1) is 6.61 Å². The van der Waals surface area contributed by atoms with E-state index in [2.05, 4.69) is 8.83 Å². The zero-order valence-corrected chi connectivity index (χ0v) is 6.92. The highest BCUT2D eigenvalue weighted by Crippen LogP contribution is 2.50. The maximum Gasteiger partial charge on any atom is 0.705 e. The SMILES string of the molecule is CCOP(=O)(O)O[P+](=O)O. The Hall–Kier alpha value is 0.170. The third-order valence-corrected chi connectivity index (χ3v) is 2.43. The Labute approximate surface area is 58.3 Å². The van der Waals surface area contributed by atoms with E-state index in [1.54, 1.807) is 0 Å². The topological polar surface area (TPSA) is 93.1 Å². The van der Waals surface area contributed by atoms with Crippen LogP contribution in [0.3, 0.4) is 0 Å². The zero-order chi connectivity index (χ0) is 8.20. The lowest BCUT2D eigenvalue weighted by molar-refractivity contribution is 0.209. The lowest BCUT2D eigenvalue weighted by Crippen LogP contribution is -1.88. The Balaban J connectivity index is 3.87. The fourth-order valence-corrected chi connectivity index (χ4v) is 1.50. The van der Waals surface area contributed by atoms with E-state index in [4.69, 9.17) is 9.79 Å². The third kappa shape index (κ3) is 4.99. The van der Waals surface area contributed by atoms with Crippen molar-refractivity contribution in [1.82, 2.24) is 0 Å². The molecule has 0 aromatic carbocycles. The van der Waals surface area contributed by atoms with Gasteiger partial charge >= 0.3 is 16.1 Å². The Kier molecular flexibility index (Phi) is 4.20. The normalized spacial score (nSPS) is 18.1. The molecule has 0 aliphatic heterocycles. The van der Waals surface area contributed by atoms with Crippen molar-refractivity contribution in [2.45, 2.75) is 6.92 Å². The molecule has 0 radical (unpaired) electrons. The highest BCUT2D eigenvalue weighted by molar-refractivity contribution is 7.55. The highest BCUT2D eigenvalue weighted by atomic mass is 31.2. The first-order chi connectivity index (χ1) is 4.48.